The average Bonchev–Trinajstić information content (AvgIpc) is 2.25. The second kappa shape index (κ2) is 7.17. The number of ether oxygens (including phenoxy) is 1. The Morgan fingerprint density at radius 1 is 1.07 bits per heavy atom. The zero-order valence-corrected chi connectivity index (χ0v) is 9.07. The summed E-state index contributed by atoms with van der Waals surface area (Å²) in [7, 11) is 1.74. The first-order valence-corrected chi connectivity index (χ1v) is 5.38. The largest absolute Gasteiger partial charge is 0.854 e. The molecule has 0 aromatic heterocycles. The Balaban J connectivity index is 2.05. The van der Waals surface area contributed by atoms with E-state index in [0.29, 0.717) is 0 Å². The third kappa shape index (κ3) is 4.37. The molecule has 0 saturated carbocycles. The van der Waals surface area contributed by atoms with Gasteiger partial charge in [-0.3, -0.25) is 4.90 Å². The first-order valence-electron chi connectivity index (χ1n) is 5.38. The van der Waals surface area contributed by atoms with Crippen molar-refractivity contribution >= 4 is 0 Å². The highest BCUT2D eigenvalue weighted by atomic mass is 16.5. The molecule has 0 radical (unpaired) electrons. The topological polar surface area (TPSA) is 38.8 Å². The molecule has 14 heavy (non-hydrogen) atoms. The van der Waals surface area contributed by atoms with Gasteiger partial charge in [0.15, 0.2) is 0 Å². The molecule has 0 N–H and O–H groups in total. The number of methoxy groups -OCH3 is 1. The number of piperazine rings is 1. The molecule has 0 aromatic carbocycles. The van der Waals surface area contributed by atoms with Gasteiger partial charge in [0, 0.05) is 39.8 Å². The normalized spacial score (nSPS) is 20.1. The lowest BCUT2D eigenvalue weighted by molar-refractivity contribution is -0.368. The number of rotatable bonds is 6. The van der Waals surface area contributed by atoms with Crippen LogP contribution in [0.4, 0.5) is 0 Å². The minimum atomic E-state index is 0.0594. The van der Waals surface area contributed by atoms with Gasteiger partial charge >= 0.3 is 0 Å². The molecule has 0 amide bonds. The van der Waals surface area contributed by atoms with Crippen molar-refractivity contribution in [3.8, 4) is 0 Å². The van der Waals surface area contributed by atoms with Crippen molar-refractivity contribution in [2.75, 3.05) is 59.6 Å². The molecule has 1 heterocycles. The molecule has 1 fully saturated rings. The minimum absolute atomic E-state index is 0.0594. The van der Waals surface area contributed by atoms with Gasteiger partial charge in [-0.1, -0.05) is 6.42 Å². The number of hydrogen-bond donors (Lipinski definition) is 0. The molecule has 1 saturated heterocycles. The van der Waals surface area contributed by atoms with E-state index in [4.69, 9.17) is 4.74 Å². The Bertz CT molecular complexity index is 120. The zero-order valence-electron chi connectivity index (χ0n) is 9.07. The highest BCUT2D eigenvalue weighted by molar-refractivity contribution is 4.71. The van der Waals surface area contributed by atoms with Crippen LogP contribution in [0, 0.1) is 0 Å². The zero-order chi connectivity index (χ0) is 10.2. The standard InChI is InChI=1S/C10H21N2O2/c1-14-10-8-12-6-4-11(5-7-12)3-2-9-13/h2-10H2,1H3/q-1. The summed E-state index contributed by atoms with van der Waals surface area (Å²) in [6, 6.07) is 0. The van der Waals surface area contributed by atoms with Crippen LogP contribution in [-0.4, -0.2) is 69.4 Å². The monoisotopic (exact) mass is 201 g/mol. The number of hydrogen-bond acceptors (Lipinski definition) is 4. The summed E-state index contributed by atoms with van der Waals surface area (Å²) in [5.74, 6) is 0. The Hall–Kier alpha value is -0.160. The van der Waals surface area contributed by atoms with E-state index in [0.717, 1.165) is 52.3 Å². The predicted molar refractivity (Wildman–Crippen MR) is 54.2 cm³/mol. The van der Waals surface area contributed by atoms with E-state index >= 15 is 0 Å². The van der Waals surface area contributed by atoms with Gasteiger partial charge in [-0.05, 0) is 6.54 Å². The molecule has 0 aromatic rings. The van der Waals surface area contributed by atoms with Crippen molar-refractivity contribution in [2.45, 2.75) is 6.42 Å². The van der Waals surface area contributed by atoms with Gasteiger partial charge in [0.1, 0.15) is 0 Å². The Morgan fingerprint density at radius 3 is 2.14 bits per heavy atom. The van der Waals surface area contributed by atoms with Crippen LogP contribution in [0.5, 0.6) is 0 Å². The van der Waals surface area contributed by atoms with Crippen molar-refractivity contribution in [1.29, 1.82) is 0 Å². The Morgan fingerprint density at radius 2 is 1.64 bits per heavy atom. The van der Waals surface area contributed by atoms with Gasteiger partial charge in [0.05, 0.1) is 6.61 Å². The SMILES string of the molecule is COCCN1CCN(CCC[O-])CC1. The third-order valence-corrected chi connectivity index (χ3v) is 2.70. The third-order valence-electron chi connectivity index (χ3n) is 2.70. The van der Waals surface area contributed by atoms with E-state index < -0.39 is 0 Å². The number of nitrogens with zero attached hydrogens (tertiary/aromatic N) is 2. The van der Waals surface area contributed by atoms with Gasteiger partial charge in [0.2, 0.25) is 0 Å². The molecular formula is C10H21N2O2-. The molecule has 84 valence electrons. The van der Waals surface area contributed by atoms with E-state index in [9.17, 15) is 5.11 Å². The van der Waals surface area contributed by atoms with Crippen LogP contribution in [-0.2, 0) is 4.74 Å². The van der Waals surface area contributed by atoms with Gasteiger partial charge < -0.3 is 14.7 Å². The molecule has 0 bridgehead atoms. The summed E-state index contributed by atoms with van der Waals surface area (Å²) in [6.07, 6.45) is 0.790. The van der Waals surface area contributed by atoms with E-state index in [1.54, 1.807) is 7.11 Å². The van der Waals surface area contributed by atoms with Crippen molar-refractivity contribution in [3.05, 3.63) is 0 Å². The van der Waals surface area contributed by atoms with Crippen LogP contribution < -0.4 is 5.11 Å². The first-order chi connectivity index (χ1) is 6.86. The summed E-state index contributed by atoms with van der Waals surface area (Å²) in [6.45, 7) is 7.32. The van der Waals surface area contributed by atoms with Crippen LogP contribution in [0.1, 0.15) is 6.42 Å². The van der Waals surface area contributed by atoms with Crippen LogP contribution in [0.3, 0.4) is 0 Å². The summed E-state index contributed by atoms with van der Waals surface area (Å²) < 4.78 is 5.04. The smallest absolute Gasteiger partial charge is 0.0589 e. The fourth-order valence-corrected chi connectivity index (χ4v) is 1.75. The Kier molecular flexibility index (Phi) is 6.10. The molecule has 1 rings (SSSR count). The second-order valence-electron chi connectivity index (χ2n) is 3.73. The maximum Gasteiger partial charge on any atom is 0.0589 e. The van der Waals surface area contributed by atoms with Crippen LogP contribution >= 0.6 is 0 Å². The molecule has 0 spiro atoms. The van der Waals surface area contributed by atoms with E-state index in [1.165, 1.54) is 0 Å². The van der Waals surface area contributed by atoms with Crippen molar-refractivity contribution < 1.29 is 9.84 Å². The molecule has 1 aliphatic heterocycles. The molecular weight excluding hydrogens is 180 g/mol. The minimum Gasteiger partial charge on any atom is -0.854 e. The molecule has 4 heteroatoms. The molecule has 0 aliphatic carbocycles. The highest BCUT2D eigenvalue weighted by Crippen LogP contribution is 2.01. The molecule has 0 unspecified atom stereocenters. The summed E-state index contributed by atoms with van der Waals surface area (Å²) in [5, 5.41) is 10.3. The quantitative estimate of drug-likeness (QED) is 0.552. The fraction of sp³-hybridized carbons (Fsp3) is 1.00. The lowest BCUT2D eigenvalue weighted by Gasteiger charge is -2.34. The van der Waals surface area contributed by atoms with Gasteiger partial charge in [-0.15, -0.1) is 6.61 Å². The predicted octanol–water partition coefficient (Wildman–Crippen LogP) is -0.999. The van der Waals surface area contributed by atoms with Crippen LogP contribution in [0.2, 0.25) is 0 Å². The van der Waals surface area contributed by atoms with Crippen LogP contribution in [0.15, 0.2) is 0 Å². The molecule has 1 aliphatic rings. The van der Waals surface area contributed by atoms with E-state index in [-0.39, 0.29) is 6.61 Å². The van der Waals surface area contributed by atoms with E-state index in [2.05, 4.69) is 9.80 Å². The summed E-state index contributed by atoms with van der Waals surface area (Å²) in [4.78, 5) is 4.79. The van der Waals surface area contributed by atoms with Crippen molar-refractivity contribution in [3.63, 3.8) is 0 Å². The Labute approximate surface area is 86.4 Å². The fourth-order valence-electron chi connectivity index (χ4n) is 1.75. The van der Waals surface area contributed by atoms with Gasteiger partial charge in [0.25, 0.3) is 0 Å². The average molecular weight is 201 g/mol. The second-order valence-corrected chi connectivity index (χ2v) is 3.73. The first kappa shape index (κ1) is 11.9. The molecule has 4 nitrogen and oxygen atoms in total. The van der Waals surface area contributed by atoms with Crippen molar-refractivity contribution in [2.24, 2.45) is 0 Å². The van der Waals surface area contributed by atoms with Crippen LogP contribution in [0.25, 0.3) is 0 Å². The maximum atomic E-state index is 10.3. The lowest BCUT2D eigenvalue weighted by atomic mass is 10.3. The maximum absolute atomic E-state index is 10.3. The lowest BCUT2D eigenvalue weighted by Crippen LogP contribution is -2.47. The highest BCUT2D eigenvalue weighted by Gasteiger charge is 2.14. The van der Waals surface area contributed by atoms with Gasteiger partial charge in [-0.2, -0.15) is 0 Å². The van der Waals surface area contributed by atoms with Gasteiger partial charge in [-0.25, -0.2) is 0 Å². The summed E-state index contributed by atoms with van der Waals surface area (Å²) >= 11 is 0. The van der Waals surface area contributed by atoms with E-state index in [1.807, 2.05) is 0 Å². The molecule has 0 atom stereocenters. The summed E-state index contributed by atoms with van der Waals surface area (Å²) in [5.41, 5.74) is 0. The van der Waals surface area contributed by atoms with Crippen molar-refractivity contribution in [1.82, 2.24) is 9.80 Å².